The van der Waals surface area contributed by atoms with E-state index in [1.165, 1.54) is 10.4 Å². The summed E-state index contributed by atoms with van der Waals surface area (Å²) in [5.41, 5.74) is 2.25. The molecule has 1 fully saturated rings. The summed E-state index contributed by atoms with van der Waals surface area (Å²) in [6.07, 6.45) is 0.464. The maximum absolute atomic E-state index is 13.3. The molecule has 1 heterocycles. The summed E-state index contributed by atoms with van der Waals surface area (Å²) in [7, 11) is -3.60. The van der Waals surface area contributed by atoms with E-state index >= 15 is 0 Å². The molecule has 2 aromatic carbocycles. The fraction of sp³-hybridized carbons (Fsp3) is 0.381. The van der Waals surface area contributed by atoms with Gasteiger partial charge in [0.25, 0.3) is 0 Å². The molecule has 0 bridgehead atoms. The first-order chi connectivity index (χ1) is 13.7. The lowest BCUT2D eigenvalue weighted by atomic mass is 10.1. The number of carbonyl (C=O) groups is 1. The predicted molar refractivity (Wildman–Crippen MR) is 106 cm³/mol. The van der Waals surface area contributed by atoms with Crippen LogP contribution in [0.2, 0.25) is 0 Å². The van der Waals surface area contributed by atoms with E-state index in [0.717, 1.165) is 17.7 Å². The molecule has 0 aromatic heterocycles. The first kappa shape index (κ1) is 21.4. The van der Waals surface area contributed by atoms with Gasteiger partial charge in [-0.2, -0.15) is 4.31 Å². The van der Waals surface area contributed by atoms with Crippen LogP contribution in [0.5, 0.6) is 0 Å². The first-order valence-electron chi connectivity index (χ1n) is 9.47. The zero-order chi connectivity index (χ0) is 21.2. The number of amides is 1. The van der Waals surface area contributed by atoms with Gasteiger partial charge in [0.15, 0.2) is 11.6 Å². The van der Waals surface area contributed by atoms with Gasteiger partial charge >= 0.3 is 0 Å². The summed E-state index contributed by atoms with van der Waals surface area (Å²) in [6, 6.07) is 8.84. The maximum Gasteiger partial charge on any atom is 0.243 e. The SMILES string of the molecule is Cc1ccc(S(=O)(=O)N2CCN(C(=O)CCc3ccc(F)c(F)c3)CC2)c(C)c1. The normalized spacial score (nSPS) is 15.5. The van der Waals surface area contributed by atoms with Crippen LogP contribution in [-0.2, 0) is 21.2 Å². The second kappa shape index (κ2) is 8.59. The highest BCUT2D eigenvalue weighted by Crippen LogP contribution is 2.22. The van der Waals surface area contributed by atoms with Gasteiger partial charge in [-0.15, -0.1) is 0 Å². The standard InChI is InChI=1S/C21H24F2N2O3S/c1-15-3-7-20(16(2)13-15)29(27,28)25-11-9-24(10-12-25)21(26)8-5-17-4-6-18(22)19(23)14-17/h3-4,6-7,13-14H,5,8-12H2,1-2H3. The Balaban J connectivity index is 1.58. The Morgan fingerprint density at radius 2 is 1.66 bits per heavy atom. The number of hydrogen-bond donors (Lipinski definition) is 0. The molecule has 3 rings (SSSR count). The lowest BCUT2D eigenvalue weighted by Gasteiger charge is -2.34. The number of piperazine rings is 1. The molecule has 29 heavy (non-hydrogen) atoms. The second-order valence-corrected chi connectivity index (χ2v) is 9.21. The van der Waals surface area contributed by atoms with Crippen LogP contribution in [0.1, 0.15) is 23.1 Å². The Bertz CT molecular complexity index is 1020. The molecule has 156 valence electrons. The van der Waals surface area contributed by atoms with Crippen molar-refractivity contribution >= 4 is 15.9 Å². The van der Waals surface area contributed by atoms with E-state index in [4.69, 9.17) is 0 Å². The summed E-state index contributed by atoms with van der Waals surface area (Å²) in [6.45, 7) is 4.76. The minimum Gasteiger partial charge on any atom is -0.340 e. The Kier molecular flexibility index (Phi) is 6.33. The number of hydrogen-bond acceptors (Lipinski definition) is 3. The molecular formula is C21H24F2N2O3S. The third-order valence-corrected chi connectivity index (χ3v) is 7.21. The van der Waals surface area contributed by atoms with Gasteiger partial charge in [-0.25, -0.2) is 17.2 Å². The molecule has 0 unspecified atom stereocenters. The van der Waals surface area contributed by atoms with E-state index in [0.29, 0.717) is 35.5 Å². The zero-order valence-corrected chi connectivity index (χ0v) is 17.3. The average Bonchev–Trinajstić information content (AvgIpc) is 2.68. The number of carbonyl (C=O) groups excluding carboxylic acids is 1. The quantitative estimate of drug-likeness (QED) is 0.744. The molecule has 0 atom stereocenters. The van der Waals surface area contributed by atoms with Gasteiger partial charge < -0.3 is 4.90 Å². The van der Waals surface area contributed by atoms with E-state index in [-0.39, 0.29) is 25.4 Å². The van der Waals surface area contributed by atoms with Crippen molar-refractivity contribution in [2.75, 3.05) is 26.2 Å². The zero-order valence-electron chi connectivity index (χ0n) is 16.5. The number of rotatable bonds is 5. The molecule has 2 aromatic rings. The molecule has 0 saturated carbocycles. The monoisotopic (exact) mass is 422 g/mol. The van der Waals surface area contributed by atoms with Crippen molar-refractivity contribution in [1.29, 1.82) is 0 Å². The van der Waals surface area contributed by atoms with Crippen molar-refractivity contribution in [3.63, 3.8) is 0 Å². The molecule has 1 saturated heterocycles. The minimum atomic E-state index is -3.60. The second-order valence-electron chi connectivity index (χ2n) is 7.30. The van der Waals surface area contributed by atoms with Crippen LogP contribution in [-0.4, -0.2) is 49.7 Å². The number of halogens is 2. The van der Waals surface area contributed by atoms with E-state index in [1.54, 1.807) is 24.0 Å². The molecule has 0 N–H and O–H groups in total. The average molecular weight is 422 g/mol. The summed E-state index contributed by atoms with van der Waals surface area (Å²) in [5, 5.41) is 0. The van der Waals surface area contributed by atoms with Gasteiger partial charge in [0.2, 0.25) is 15.9 Å². The minimum absolute atomic E-state index is 0.127. The number of benzene rings is 2. The van der Waals surface area contributed by atoms with Crippen molar-refractivity contribution in [2.45, 2.75) is 31.6 Å². The largest absolute Gasteiger partial charge is 0.340 e. The molecule has 1 aliphatic rings. The molecule has 0 spiro atoms. The van der Waals surface area contributed by atoms with Crippen LogP contribution in [0, 0.1) is 25.5 Å². The third-order valence-electron chi connectivity index (χ3n) is 5.15. The van der Waals surface area contributed by atoms with E-state index < -0.39 is 21.7 Å². The summed E-state index contributed by atoms with van der Waals surface area (Å²) in [5.74, 6) is -1.97. The highest BCUT2D eigenvalue weighted by molar-refractivity contribution is 7.89. The van der Waals surface area contributed by atoms with Crippen LogP contribution in [0.15, 0.2) is 41.3 Å². The van der Waals surface area contributed by atoms with Gasteiger partial charge in [-0.05, 0) is 49.6 Å². The maximum atomic E-state index is 13.3. The van der Waals surface area contributed by atoms with Crippen LogP contribution in [0.4, 0.5) is 8.78 Å². The van der Waals surface area contributed by atoms with Crippen LogP contribution in [0.3, 0.4) is 0 Å². The summed E-state index contributed by atoms with van der Waals surface area (Å²) < 4.78 is 53.5. The lowest BCUT2D eigenvalue weighted by Crippen LogP contribution is -2.50. The molecule has 5 nitrogen and oxygen atoms in total. The van der Waals surface area contributed by atoms with Gasteiger partial charge in [0, 0.05) is 32.6 Å². The number of nitrogens with zero attached hydrogens (tertiary/aromatic N) is 2. The lowest BCUT2D eigenvalue weighted by molar-refractivity contribution is -0.132. The smallest absolute Gasteiger partial charge is 0.243 e. The molecular weight excluding hydrogens is 398 g/mol. The Morgan fingerprint density at radius 3 is 2.28 bits per heavy atom. The molecule has 0 radical (unpaired) electrons. The fourth-order valence-electron chi connectivity index (χ4n) is 3.51. The van der Waals surface area contributed by atoms with Gasteiger partial charge in [-0.3, -0.25) is 4.79 Å². The number of aryl methyl sites for hydroxylation is 3. The predicted octanol–water partition coefficient (Wildman–Crippen LogP) is 3.05. The Labute approximate surface area is 170 Å². The van der Waals surface area contributed by atoms with Crippen molar-refractivity contribution in [3.8, 4) is 0 Å². The van der Waals surface area contributed by atoms with Crippen molar-refractivity contribution in [2.24, 2.45) is 0 Å². The van der Waals surface area contributed by atoms with Crippen molar-refractivity contribution in [3.05, 3.63) is 64.7 Å². The molecule has 1 amide bonds. The molecule has 0 aliphatic carbocycles. The van der Waals surface area contributed by atoms with E-state index in [1.807, 2.05) is 13.0 Å². The summed E-state index contributed by atoms with van der Waals surface area (Å²) in [4.78, 5) is 14.3. The van der Waals surface area contributed by atoms with Gasteiger partial charge in [-0.1, -0.05) is 23.8 Å². The van der Waals surface area contributed by atoms with E-state index in [2.05, 4.69) is 0 Å². The van der Waals surface area contributed by atoms with Crippen molar-refractivity contribution in [1.82, 2.24) is 9.21 Å². The van der Waals surface area contributed by atoms with E-state index in [9.17, 15) is 22.0 Å². The molecule has 8 heteroatoms. The first-order valence-corrected chi connectivity index (χ1v) is 10.9. The topological polar surface area (TPSA) is 57.7 Å². The van der Waals surface area contributed by atoms with Gasteiger partial charge in [0.1, 0.15) is 0 Å². The number of sulfonamides is 1. The van der Waals surface area contributed by atoms with Crippen LogP contribution in [0.25, 0.3) is 0 Å². The highest BCUT2D eigenvalue weighted by Gasteiger charge is 2.30. The Hall–Kier alpha value is -2.32. The highest BCUT2D eigenvalue weighted by atomic mass is 32.2. The van der Waals surface area contributed by atoms with Crippen LogP contribution < -0.4 is 0 Å². The molecule has 1 aliphatic heterocycles. The van der Waals surface area contributed by atoms with Crippen molar-refractivity contribution < 1.29 is 22.0 Å². The Morgan fingerprint density at radius 1 is 0.966 bits per heavy atom. The third kappa shape index (κ3) is 4.82. The summed E-state index contributed by atoms with van der Waals surface area (Å²) >= 11 is 0. The fourth-order valence-corrected chi connectivity index (χ4v) is 5.14. The van der Waals surface area contributed by atoms with Gasteiger partial charge in [0.05, 0.1) is 4.90 Å². The van der Waals surface area contributed by atoms with Crippen LogP contribution >= 0.6 is 0 Å².